The third-order valence-electron chi connectivity index (χ3n) is 4.39. The Morgan fingerprint density at radius 1 is 1.42 bits per heavy atom. The normalized spacial score (nSPS) is 26.9. The molecule has 2 rings (SSSR count). The topological polar surface area (TPSA) is 81.1 Å². The van der Waals surface area contributed by atoms with E-state index in [0.717, 1.165) is 12.1 Å². The van der Waals surface area contributed by atoms with Gasteiger partial charge in [-0.15, -0.1) is 0 Å². The fourth-order valence-corrected chi connectivity index (χ4v) is 3.03. The van der Waals surface area contributed by atoms with Crippen molar-refractivity contribution in [1.82, 2.24) is 0 Å². The average molecular weight is 261 g/mol. The summed E-state index contributed by atoms with van der Waals surface area (Å²) in [6.07, 6.45) is 4.63. The number of primary amides is 1. The summed E-state index contributed by atoms with van der Waals surface area (Å²) in [5.74, 6) is 0.0888. The molecule has 0 bridgehead atoms. The van der Waals surface area contributed by atoms with Crippen molar-refractivity contribution in [1.29, 1.82) is 0 Å². The Hall–Kier alpha value is -1.55. The number of nitrogens with one attached hydrogen (secondary N) is 1. The first-order valence-corrected chi connectivity index (χ1v) is 6.96. The minimum atomic E-state index is -0.404. The van der Waals surface area contributed by atoms with Gasteiger partial charge in [-0.05, 0) is 30.9 Å². The summed E-state index contributed by atoms with van der Waals surface area (Å²) in [6, 6.07) is 7.39. The maximum absolute atomic E-state index is 11.5. The van der Waals surface area contributed by atoms with Crippen LogP contribution in [0.3, 0.4) is 0 Å². The first-order chi connectivity index (χ1) is 9.09. The number of para-hydroxylation sites is 1. The highest BCUT2D eigenvalue weighted by Gasteiger charge is 2.37. The summed E-state index contributed by atoms with van der Waals surface area (Å²) in [6.45, 7) is 2.80. The van der Waals surface area contributed by atoms with Crippen LogP contribution >= 0.6 is 0 Å². The minimum absolute atomic E-state index is 0.121. The molecule has 1 aromatic rings. The Balaban J connectivity index is 2.30. The Labute approximate surface area is 114 Å². The number of carbonyl (C=O) groups is 1. The Morgan fingerprint density at radius 2 is 2.16 bits per heavy atom. The van der Waals surface area contributed by atoms with Gasteiger partial charge < -0.3 is 16.8 Å². The highest BCUT2D eigenvalue weighted by Crippen LogP contribution is 2.36. The van der Waals surface area contributed by atoms with E-state index in [9.17, 15) is 4.79 Å². The highest BCUT2D eigenvalue weighted by atomic mass is 16.1. The second-order valence-corrected chi connectivity index (χ2v) is 5.54. The molecule has 19 heavy (non-hydrogen) atoms. The minimum Gasteiger partial charge on any atom is -0.377 e. The number of hydrogen-bond acceptors (Lipinski definition) is 3. The first-order valence-electron chi connectivity index (χ1n) is 6.96. The molecular weight excluding hydrogens is 238 g/mol. The Bertz CT molecular complexity index is 460. The molecule has 1 saturated carbocycles. The van der Waals surface area contributed by atoms with Crippen LogP contribution in [0.2, 0.25) is 0 Å². The van der Waals surface area contributed by atoms with Crippen LogP contribution in [0.1, 0.15) is 43.0 Å². The molecule has 2 unspecified atom stereocenters. The van der Waals surface area contributed by atoms with E-state index in [1.165, 1.54) is 19.3 Å². The molecule has 4 heteroatoms. The second-order valence-electron chi connectivity index (χ2n) is 5.54. The van der Waals surface area contributed by atoms with E-state index in [1.807, 2.05) is 18.2 Å². The van der Waals surface area contributed by atoms with E-state index in [4.69, 9.17) is 11.5 Å². The van der Waals surface area contributed by atoms with Crippen LogP contribution in [0.5, 0.6) is 0 Å². The SMILES string of the molecule is CC1CCCCC1(CN)Nc1ccccc1C(N)=O. The van der Waals surface area contributed by atoms with Crippen molar-refractivity contribution in [3.63, 3.8) is 0 Å². The zero-order valence-corrected chi connectivity index (χ0v) is 11.5. The third-order valence-corrected chi connectivity index (χ3v) is 4.39. The molecule has 0 aromatic heterocycles. The van der Waals surface area contributed by atoms with Crippen LogP contribution in [0.25, 0.3) is 0 Å². The second kappa shape index (κ2) is 5.61. The number of hydrogen-bond donors (Lipinski definition) is 3. The lowest BCUT2D eigenvalue weighted by molar-refractivity contribution is 0.100. The van der Waals surface area contributed by atoms with Crippen LogP contribution in [-0.4, -0.2) is 18.0 Å². The zero-order valence-electron chi connectivity index (χ0n) is 11.5. The van der Waals surface area contributed by atoms with Gasteiger partial charge in [0.05, 0.1) is 11.1 Å². The summed E-state index contributed by atoms with van der Waals surface area (Å²) < 4.78 is 0. The molecular formula is C15H23N3O. The van der Waals surface area contributed by atoms with Crippen molar-refractivity contribution in [3.05, 3.63) is 29.8 Å². The molecule has 0 saturated heterocycles. The molecule has 0 radical (unpaired) electrons. The molecule has 1 aliphatic rings. The monoisotopic (exact) mass is 261 g/mol. The van der Waals surface area contributed by atoms with Crippen LogP contribution in [0.4, 0.5) is 5.69 Å². The highest BCUT2D eigenvalue weighted by molar-refractivity contribution is 5.98. The van der Waals surface area contributed by atoms with Gasteiger partial charge >= 0.3 is 0 Å². The van der Waals surface area contributed by atoms with Crippen molar-refractivity contribution in [2.45, 2.75) is 38.1 Å². The number of rotatable bonds is 4. The summed E-state index contributed by atoms with van der Waals surface area (Å²) in [7, 11) is 0. The molecule has 1 fully saturated rings. The standard InChI is InChI=1S/C15H23N3O/c1-11-6-4-5-9-15(11,10-16)18-13-8-3-2-7-12(13)14(17)19/h2-3,7-8,11,18H,4-6,9-10,16H2,1H3,(H2,17,19). The fraction of sp³-hybridized carbons (Fsp3) is 0.533. The van der Waals surface area contributed by atoms with E-state index in [1.54, 1.807) is 6.07 Å². The smallest absolute Gasteiger partial charge is 0.250 e. The van der Waals surface area contributed by atoms with Crippen molar-refractivity contribution in [3.8, 4) is 0 Å². The van der Waals surface area contributed by atoms with E-state index < -0.39 is 5.91 Å². The van der Waals surface area contributed by atoms with Crippen molar-refractivity contribution in [2.24, 2.45) is 17.4 Å². The van der Waals surface area contributed by atoms with E-state index >= 15 is 0 Å². The summed E-state index contributed by atoms with van der Waals surface area (Å²) in [4.78, 5) is 11.5. The molecule has 2 atom stereocenters. The fourth-order valence-electron chi connectivity index (χ4n) is 3.03. The van der Waals surface area contributed by atoms with Gasteiger partial charge in [0.2, 0.25) is 0 Å². The summed E-state index contributed by atoms with van der Waals surface area (Å²) >= 11 is 0. The molecule has 1 aliphatic carbocycles. The van der Waals surface area contributed by atoms with Gasteiger partial charge in [-0.2, -0.15) is 0 Å². The largest absolute Gasteiger partial charge is 0.377 e. The first kappa shape index (κ1) is 13.9. The summed E-state index contributed by atoms with van der Waals surface area (Å²) in [5, 5.41) is 3.52. The quantitative estimate of drug-likeness (QED) is 0.776. The van der Waals surface area contributed by atoms with Crippen LogP contribution in [0, 0.1) is 5.92 Å². The maximum atomic E-state index is 11.5. The number of carbonyl (C=O) groups excluding carboxylic acids is 1. The lowest BCUT2D eigenvalue weighted by atomic mass is 9.73. The molecule has 1 aromatic carbocycles. The van der Waals surface area contributed by atoms with E-state index in [-0.39, 0.29) is 5.54 Å². The lowest BCUT2D eigenvalue weighted by Gasteiger charge is -2.43. The molecule has 104 valence electrons. The van der Waals surface area contributed by atoms with Gasteiger partial charge in [-0.25, -0.2) is 0 Å². The average Bonchev–Trinajstić information content (AvgIpc) is 2.42. The Morgan fingerprint density at radius 3 is 2.79 bits per heavy atom. The van der Waals surface area contributed by atoms with Crippen LogP contribution in [0.15, 0.2) is 24.3 Å². The molecule has 4 nitrogen and oxygen atoms in total. The van der Waals surface area contributed by atoms with Crippen molar-refractivity contribution in [2.75, 3.05) is 11.9 Å². The van der Waals surface area contributed by atoms with Crippen LogP contribution < -0.4 is 16.8 Å². The van der Waals surface area contributed by atoms with Gasteiger partial charge in [0.1, 0.15) is 0 Å². The van der Waals surface area contributed by atoms with Gasteiger partial charge in [-0.1, -0.05) is 31.9 Å². The molecule has 0 heterocycles. The van der Waals surface area contributed by atoms with Gasteiger partial charge in [0, 0.05) is 12.2 Å². The third kappa shape index (κ3) is 2.73. The predicted molar refractivity (Wildman–Crippen MR) is 78.0 cm³/mol. The predicted octanol–water partition coefficient (Wildman–Crippen LogP) is 2.11. The zero-order chi connectivity index (χ0) is 13.9. The maximum Gasteiger partial charge on any atom is 0.250 e. The molecule has 5 N–H and O–H groups in total. The van der Waals surface area contributed by atoms with Gasteiger partial charge in [0.25, 0.3) is 5.91 Å². The van der Waals surface area contributed by atoms with Crippen LogP contribution in [-0.2, 0) is 0 Å². The lowest BCUT2D eigenvalue weighted by Crippen LogP contribution is -2.52. The number of anilines is 1. The van der Waals surface area contributed by atoms with E-state index in [2.05, 4.69) is 12.2 Å². The van der Waals surface area contributed by atoms with Crippen molar-refractivity contribution < 1.29 is 4.79 Å². The number of benzene rings is 1. The number of nitrogens with two attached hydrogens (primary N) is 2. The molecule has 0 aliphatic heterocycles. The van der Waals surface area contributed by atoms with Crippen molar-refractivity contribution >= 4 is 11.6 Å². The Kier molecular flexibility index (Phi) is 4.10. The van der Waals surface area contributed by atoms with E-state index in [0.29, 0.717) is 18.0 Å². The number of amides is 1. The molecule has 1 amide bonds. The summed E-state index contributed by atoms with van der Waals surface area (Å²) in [5.41, 5.74) is 12.7. The van der Waals surface area contributed by atoms with Gasteiger partial charge in [0.15, 0.2) is 0 Å². The van der Waals surface area contributed by atoms with Gasteiger partial charge in [-0.3, -0.25) is 4.79 Å². The molecule has 0 spiro atoms.